The van der Waals surface area contributed by atoms with E-state index in [1.807, 2.05) is 6.92 Å². The Morgan fingerprint density at radius 2 is 2.15 bits per heavy atom. The minimum Gasteiger partial charge on any atom is -0.370 e. The molecule has 0 aromatic carbocycles. The van der Waals surface area contributed by atoms with Crippen LogP contribution >= 0.6 is 11.8 Å². The summed E-state index contributed by atoms with van der Waals surface area (Å²) in [5, 5.41) is 4.61. The van der Waals surface area contributed by atoms with Crippen molar-refractivity contribution in [3.8, 4) is 0 Å². The monoisotopic (exact) mass is 291 g/mol. The van der Waals surface area contributed by atoms with Crippen LogP contribution in [0, 0.1) is 0 Å². The first-order chi connectivity index (χ1) is 9.74. The van der Waals surface area contributed by atoms with Crippen molar-refractivity contribution in [2.45, 2.75) is 36.9 Å². The Bertz CT molecular complexity index is 628. The van der Waals surface area contributed by atoms with Gasteiger partial charge in [0.2, 0.25) is 0 Å². The van der Waals surface area contributed by atoms with Gasteiger partial charge in [-0.25, -0.2) is 15.0 Å². The van der Waals surface area contributed by atoms with Crippen molar-refractivity contribution in [2.24, 2.45) is 0 Å². The molecule has 2 N–H and O–H groups in total. The molecule has 0 aliphatic heterocycles. The molecule has 0 amide bonds. The number of nitrogens with one attached hydrogen (secondary N) is 2. The summed E-state index contributed by atoms with van der Waals surface area (Å²) in [5.74, 6) is 0.852. The van der Waals surface area contributed by atoms with Gasteiger partial charge >= 0.3 is 0 Å². The molecule has 0 saturated heterocycles. The van der Waals surface area contributed by atoms with Gasteiger partial charge in [0, 0.05) is 24.4 Å². The van der Waals surface area contributed by atoms with Crippen LogP contribution in [-0.4, -0.2) is 26.5 Å². The van der Waals surface area contributed by atoms with Crippen molar-refractivity contribution in [2.75, 3.05) is 11.9 Å². The van der Waals surface area contributed by atoms with Crippen LogP contribution in [-0.2, 0) is 6.42 Å². The molecule has 2 aromatic rings. The second kappa shape index (κ2) is 7.04. The van der Waals surface area contributed by atoms with Crippen LogP contribution in [0.25, 0.3) is 0 Å². The standard InChI is InChI=1S/C13H17N5OS/c1-3-5-9-11(14-4-2)16-8-17-12(9)20-13-15-7-6-10(19)18-13/h6-8H,3-5H2,1-2H3,(H,14,16,17)(H,15,18,19). The number of nitrogens with zero attached hydrogens (tertiary/aromatic N) is 3. The Morgan fingerprint density at radius 3 is 2.85 bits per heavy atom. The molecule has 106 valence electrons. The van der Waals surface area contributed by atoms with Crippen LogP contribution in [0.5, 0.6) is 0 Å². The zero-order valence-electron chi connectivity index (χ0n) is 11.5. The Balaban J connectivity index is 2.34. The number of aromatic amines is 1. The van der Waals surface area contributed by atoms with E-state index in [1.165, 1.54) is 30.4 Å². The van der Waals surface area contributed by atoms with E-state index in [0.717, 1.165) is 35.8 Å². The van der Waals surface area contributed by atoms with Crippen molar-refractivity contribution in [1.82, 2.24) is 19.9 Å². The Morgan fingerprint density at radius 1 is 1.30 bits per heavy atom. The zero-order chi connectivity index (χ0) is 14.4. The average molecular weight is 291 g/mol. The molecule has 0 aliphatic carbocycles. The van der Waals surface area contributed by atoms with Gasteiger partial charge in [0.1, 0.15) is 17.2 Å². The number of aromatic nitrogens is 4. The minimum absolute atomic E-state index is 0.166. The molecule has 7 heteroatoms. The largest absolute Gasteiger partial charge is 0.370 e. The van der Waals surface area contributed by atoms with Crippen LogP contribution in [0.1, 0.15) is 25.8 Å². The summed E-state index contributed by atoms with van der Waals surface area (Å²) in [7, 11) is 0. The normalized spacial score (nSPS) is 10.5. The lowest BCUT2D eigenvalue weighted by molar-refractivity contribution is 0.850. The highest BCUT2D eigenvalue weighted by Crippen LogP contribution is 2.29. The van der Waals surface area contributed by atoms with Crippen LogP contribution in [0.3, 0.4) is 0 Å². The number of hydrogen-bond donors (Lipinski definition) is 2. The molecular formula is C13H17N5OS. The highest BCUT2D eigenvalue weighted by Gasteiger charge is 2.12. The van der Waals surface area contributed by atoms with Crippen LogP contribution < -0.4 is 10.9 Å². The van der Waals surface area contributed by atoms with E-state index in [0.29, 0.717) is 5.16 Å². The molecule has 2 heterocycles. The maximum Gasteiger partial charge on any atom is 0.251 e. The highest BCUT2D eigenvalue weighted by atomic mass is 32.2. The molecule has 0 radical (unpaired) electrons. The van der Waals surface area contributed by atoms with Gasteiger partial charge in [0.15, 0.2) is 5.16 Å². The quantitative estimate of drug-likeness (QED) is 0.626. The maximum atomic E-state index is 11.3. The highest BCUT2D eigenvalue weighted by molar-refractivity contribution is 7.99. The van der Waals surface area contributed by atoms with E-state index in [1.54, 1.807) is 0 Å². The summed E-state index contributed by atoms with van der Waals surface area (Å²) in [6.45, 7) is 4.94. The number of rotatable bonds is 6. The third kappa shape index (κ3) is 3.57. The maximum absolute atomic E-state index is 11.3. The SMILES string of the molecule is CCCc1c(NCC)ncnc1Sc1nccc(=O)[nH]1. The van der Waals surface area contributed by atoms with E-state index < -0.39 is 0 Å². The molecule has 2 rings (SSSR count). The van der Waals surface area contributed by atoms with Crippen molar-refractivity contribution in [3.05, 3.63) is 34.5 Å². The van der Waals surface area contributed by atoms with Crippen LogP contribution in [0.15, 0.2) is 33.6 Å². The lowest BCUT2D eigenvalue weighted by atomic mass is 10.2. The van der Waals surface area contributed by atoms with Gasteiger partial charge in [0.25, 0.3) is 5.56 Å². The average Bonchev–Trinajstić information content (AvgIpc) is 2.43. The summed E-state index contributed by atoms with van der Waals surface area (Å²) in [5.41, 5.74) is 0.897. The number of anilines is 1. The lowest BCUT2D eigenvalue weighted by Gasteiger charge is -2.12. The summed E-state index contributed by atoms with van der Waals surface area (Å²) < 4.78 is 0. The van der Waals surface area contributed by atoms with Crippen LogP contribution in [0.4, 0.5) is 5.82 Å². The molecule has 0 spiro atoms. The van der Waals surface area contributed by atoms with E-state index >= 15 is 0 Å². The minimum atomic E-state index is -0.166. The molecule has 0 saturated carbocycles. The van der Waals surface area contributed by atoms with Gasteiger partial charge in [-0.2, -0.15) is 0 Å². The Hall–Kier alpha value is -1.89. The Labute approximate surface area is 121 Å². The second-order valence-corrected chi connectivity index (χ2v) is 5.11. The van der Waals surface area contributed by atoms with Gasteiger partial charge in [-0.15, -0.1) is 0 Å². The van der Waals surface area contributed by atoms with Crippen molar-refractivity contribution in [1.29, 1.82) is 0 Å². The topological polar surface area (TPSA) is 83.6 Å². The molecule has 0 bridgehead atoms. The first kappa shape index (κ1) is 14.5. The molecule has 6 nitrogen and oxygen atoms in total. The molecule has 0 fully saturated rings. The third-order valence-corrected chi connectivity index (χ3v) is 3.54. The zero-order valence-corrected chi connectivity index (χ0v) is 12.3. The predicted octanol–water partition coefficient (Wildman–Crippen LogP) is 2.10. The van der Waals surface area contributed by atoms with Gasteiger partial charge < -0.3 is 10.3 Å². The number of H-pyrrole nitrogens is 1. The van der Waals surface area contributed by atoms with Crippen molar-refractivity contribution in [3.63, 3.8) is 0 Å². The summed E-state index contributed by atoms with van der Waals surface area (Å²) in [6.07, 6.45) is 4.90. The fraction of sp³-hybridized carbons (Fsp3) is 0.385. The smallest absolute Gasteiger partial charge is 0.251 e. The summed E-state index contributed by atoms with van der Waals surface area (Å²) in [4.78, 5) is 26.7. The number of hydrogen-bond acceptors (Lipinski definition) is 6. The lowest BCUT2D eigenvalue weighted by Crippen LogP contribution is -2.08. The van der Waals surface area contributed by atoms with Gasteiger partial charge in [-0.3, -0.25) is 4.79 Å². The molecular weight excluding hydrogens is 274 g/mol. The van der Waals surface area contributed by atoms with Crippen molar-refractivity contribution < 1.29 is 0 Å². The third-order valence-electron chi connectivity index (χ3n) is 2.59. The van der Waals surface area contributed by atoms with Gasteiger partial charge in [0.05, 0.1) is 0 Å². The van der Waals surface area contributed by atoms with Gasteiger partial charge in [-0.05, 0) is 25.1 Å². The van der Waals surface area contributed by atoms with E-state index in [4.69, 9.17) is 0 Å². The predicted molar refractivity (Wildman–Crippen MR) is 79.2 cm³/mol. The summed E-state index contributed by atoms with van der Waals surface area (Å²) >= 11 is 1.35. The second-order valence-electron chi connectivity index (χ2n) is 4.13. The fourth-order valence-corrected chi connectivity index (χ4v) is 2.64. The summed E-state index contributed by atoms with van der Waals surface area (Å²) in [6, 6.07) is 1.39. The molecule has 0 unspecified atom stereocenters. The van der Waals surface area contributed by atoms with Gasteiger partial charge in [-0.1, -0.05) is 13.3 Å². The molecule has 2 aromatic heterocycles. The molecule has 0 atom stereocenters. The van der Waals surface area contributed by atoms with Crippen LogP contribution in [0.2, 0.25) is 0 Å². The Kier molecular flexibility index (Phi) is 5.11. The molecule has 20 heavy (non-hydrogen) atoms. The van der Waals surface area contributed by atoms with E-state index in [-0.39, 0.29) is 5.56 Å². The first-order valence-electron chi connectivity index (χ1n) is 6.55. The first-order valence-corrected chi connectivity index (χ1v) is 7.37. The van der Waals surface area contributed by atoms with Crippen molar-refractivity contribution >= 4 is 17.6 Å². The van der Waals surface area contributed by atoms with E-state index in [9.17, 15) is 4.79 Å². The molecule has 0 aliphatic rings. The fourth-order valence-electron chi connectivity index (χ4n) is 1.77. The van der Waals surface area contributed by atoms with E-state index in [2.05, 4.69) is 32.2 Å².